The second-order valence-electron chi connectivity index (χ2n) is 7.20. The zero-order valence-corrected chi connectivity index (χ0v) is 16.3. The molecule has 1 fully saturated rings. The molecule has 0 radical (unpaired) electrons. The van der Waals surface area contributed by atoms with E-state index < -0.39 is 9.84 Å². The minimum Gasteiger partial charge on any atom is -0.324 e. The van der Waals surface area contributed by atoms with Crippen LogP contribution in [-0.2, 0) is 21.2 Å². The number of anilines is 2. The molecule has 2 heterocycles. The van der Waals surface area contributed by atoms with Crippen molar-refractivity contribution in [2.45, 2.75) is 37.1 Å². The molecule has 3 aromatic rings. The molecule has 0 amide bonds. The monoisotopic (exact) mass is 401 g/mol. The van der Waals surface area contributed by atoms with Gasteiger partial charge < -0.3 is 5.32 Å². The first-order valence-electron chi connectivity index (χ1n) is 9.16. The summed E-state index contributed by atoms with van der Waals surface area (Å²) in [6.45, 7) is 0.732. The second-order valence-corrected chi connectivity index (χ2v) is 9.22. The number of aromatic nitrogens is 4. The smallest absolute Gasteiger partial charge is 0.229 e. The zero-order chi connectivity index (χ0) is 19.7. The molecule has 4 rings (SSSR count). The maximum atomic E-state index is 11.6. The third-order valence-corrected chi connectivity index (χ3v) is 6.14. The topological polar surface area (TPSA) is 107 Å². The Kier molecular flexibility index (Phi) is 4.84. The molecule has 1 aliphatic rings. The van der Waals surface area contributed by atoms with Gasteiger partial charge in [0.1, 0.15) is 5.78 Å². The van der Waals surface area contributed by atoms with Gasteiger partial charge in [-0.2, -0.15) is 10.1 Å². The molecule has 2 aromatic heterocycles. The highest BCUT2D eigenvalue weighted by Crippen LogP contribution is 2.25. The minimum absolute atomic E-state index is 0. The number of benzene rings is 1. The Labute approximate surface area is 164 Å². The van der Waals surface area contributed by atoms with Crippen molar-refractivity contribution in [3.63, 3.8) is 0 Å². The fourth-order valence-electron chi connectivity index (χ4n) is 3.40. The highest BCUT2D eigenvalue weighted by molar-refractivity contribution is 7.90. The van der Waals surface area contributed by atoms with E-state index in [0.29, 0.717) is 36.2 Å². The summed E-state index contributed by atoms with van der Waals surface area (Å²) >= 11 is 0. The summed E-state index contributed by atoms with van der Waals surface area (Å²) < 4.78 is 25.0. The zero-order valence-electron chi connectivity index (χ0n) is 15.5. The van der Waals surface area contributed by atoms with E-state index in [2.05, 4.69) is 20.4 Å². The number of rotatable bonds is 5. The van der Waals surface area contributed by atoms with Gasteiger partial charge in [0.25, 0.3) is 0 Å². The average Bonchev–Trinajstić information content (AvgIpc) is 3.05. The molecule has 0 saturated heterocycles. The van der Waals surface area contributed by atoms with E-state index >= 15 is 0 Å². The summed E-state index contributed by atoms with van der Waals surface area (Å²) in [6.07, 6.45) is 7.71. The predicted molar refractivity (Wildman–Crippen MR) is 107 cm³/mol. The Morgan fingerprint density at radius 2 is 1.89 bits per heavy atom. The Hall–Kier alpha value is -2.81. The highest BCUT2D eigenvalue weighted by atomic mass is 32.2. The third kappa shape index (κ3) is 4.04. The number of Topliss-reactive ketones (excluding diaryl/α,β-unsaturated/α-hetero) is 1. The number of carbonyl (C=O) groups is 1. The molecule has 0 spiro atoms. The number of ketones is 1. The summed E-state index contributed by atoms with van der Waals surface area (Å²) in [4.78, 5) is 20.6. The van der Waals surface area contributed by atoms with Crippen LogP contribution in [0.1, 0.15) is 27.1 Å². The molecule has 0 bridgehead atoms. The van der Waals surface area contributed by atoms with Crippen molar-refractivity contribution in [1.29, 1.82) is 0 Å². The molecule has 1 aromatic carbocycles. The Morgan fingerprint density at radius 1 is 1.18 bits per heavy atom. The first-order chi connectivity index (χ1) is 13.4. The molecular weight excluding hydrogens is 378 g/mol. The van der Waals surface area contributed by atoms with Gasteiger partial charge in [0, 0.05) is 39.0 Å². The van der Waals surface area contributed by atoms with Crippen LogP contribution in [0.5, 0.6) is 0 Å². The first-order valence-corrected chi connectivity index (χ1v) is 11.0. The number of nitrogens with zero attached hydrogens (tertiary/aromatic N) is 4. The molecule has 148 valence electrons. The summed E-state index contributed by atoms with van der Waals surface area (Å²) in [5, 5.41) is 8.38. The number of hydrogen-bond acceptors (Lipinski definition) is 7. The number of carbonyl (C=O) groups excluding carboxylic acids is 1. The third-order valence-electron chi connectivity index (χ3n) is 5.01. The van der Waals surface area contributed by atoms with Gasteiger partial charge in [-0.25, -0.2) is 18.1 Å². The van der Waals surface area contributed by atoms with E-state index in [-0.39, 0.29) is 6.32 Å². The number of nitrogens with one attached hydrogen (secondary N) is 1. The van der Waals surface area contributed by atoms with E-state index in [1.54, 1.807) is 36.7 Å². The van der Waals surface area contributed by atoms with Gasteiger partial charge in [-0.1, -0.05) is 0 Å². The summed E-state index contributed by atoms with van der Waals surface area (Å²) in [5.74, 6) is 1.19. The molecule has 0 aliphatic heterocycles. The lowest BCUT2D eigenvalue weighted by Crippen LogP contribution is -2.19. The first kappa shape index (κ1) is 18.5. The summed E-state index contributed by atoms with van der Waals surface area (Å²) in [7, 11) is -3.23. The fourth-order valence-corrected chi connectivity index (χ4v) is 4.03. The molecule has 8 nitrogen and oxygen atoms in total. The molecule has 1 saturated carbocycles. The van der Waals surface area contributed by atoms with Gasteiger partial charge in [-0.3, -0.25) is 4.79 Å². The van der Waals surface area contributed by atoms with E-state index in [4.69, 9.17) is 0 Å². The number of hydrogen-bond donors (Lipinski definition) is 1. The van der Waals surface area contributed by atoms with Crippen LogP contribution in [0.2, 0.25) is 0 Å². The van der Waals surface area contributed by atoms with Crippen LogP contribution >= 0.6 is 0 Å². The van der Waals surface area contributed by atoms with E-state index in [0.717, 1.165) is 30.4 Å². The van der Waals surface area contributed by atoms with Gasteiger partial charge in [0.2, 0.25) is 5.95 Å². The van der Waals surface area contributed by atoms with Crippen LogP contribution < -0.4 is 5.32 Å². The van der Waals surface area contributed by atoms with Gasteiger partial charge in [0.05, 0.1) is 16.5 Å². The standard InChI is InChI=1S/C19H21N5O3S.H2/c1-28(26,27)17-8-4-15(5-9-17)22-19-20-10-14-11-21-24(18(14)23-19)12-13-2-6-16(25)7-3-13;/h4-5,8-11,13H,2-3,6-7,12H2,1H3,(H,20,22,23);1H. The minimum atomic E-state index is -3.23. The predicted octanol–water partition coefficient (Wildman–Crippen LogP) is 2.98. The van der Waals surface area contributed by atoms with Crippen molar-refractivity contribution in [1.82, 2.24) is 19.7 Å². The maximum absolute atomic E-state index is 11.6. The van der Waals surface area contributed by atoms with Crippen molar-refractivity contribution >= 4 is 38.3 Å². The van der Waals surface area contributed by atoms with E-state index in [1.165, 1.54) is 6.26 Å². The maximum Gasteiger partial charge on any atom is 0.229 e. The van der Waals surface area contributed by atoms with Crippen molar-refractivity contribution < 1.29 is 14.6 Å². The largest absolute Gasteiger partial charge is 0.324 e. The van der Waals surface area contributed by atoms with E-state index in [9.17, 15) is 13.2 Å². The quantitative estimate of drug-likeness (QED) is 0.700. The van der Waals surface area contributed by atoms with Crippen LogP contribution in [0.3, 0.4) is 0 Å². The van der Waals surface area contributed by atoms with Crippen LogP contribution in [0.4, 0.5) is 11.6 Å². The Morgan fingerprint density at radius 3 is 2.57 bits per heavy atom. The van der Waals surface area contributed by atoms with Crippen molar-refractivity contribution in [3.05, 3.63) is 36.7 Å². The fraction of sp³-hybridized carbons (Fsp3) is 0.368. The van der Waals surface area contributed by atoms with Gasteiger partial charge in [-0.05, 0) is 43.0 Å². The van der Waals surface area contributed by atoms with Crippen molar-refractivity contribution in [3.8, 4) is 0 Å². The average molecular weight is 401 g/mol. The van der Waals surface area contributed by atoms with Gasteiger partial charge >= 0.3 is 0 Å². The summed E-state index contributed by atoms with van der Waals surface area (Å²) in [6, 6.07) is 6.45. The normalized spacial score (nSPS) is 15.8. The molecule has 1 N–H and O–H groups in total. The second kappa shape index (κ2) is 7.31. The molecule has 0 atom stereocenters. The molecule has 9 heteroatoms. The number of sulfone groups is 1. The van der Waals surface area contributed by atoms with Crippen molar-refractivity contribution in [2.75, 3.05) is 11.6 Å². The lowest BCUT2D eigenvalue weighted by atomic mass is 9.88. The van der Waals surface area contributed by atoms with Gasteiger partial charge in [0.15, 0.2) is 15.5 Å². The molecule has 28 heavy (non-hydrogen) atoms. The molecule has 1 aliphatic carbocycles. The van der Waals surface area contributed by atoms with Crippen LogP contribution in [-0.4, -0.2) is 40.2 Å². The Bertz CT molecular complexity index is 1120. The SMILES string of the molecule is CS(=O)(=O)c1ccc(Nc2ncc3cnn(CC4CCC(=O)CC4)c3n2)cc1.[HH]. The molecule has 0 unspecified atom stereocenters. The van der Waals surface area contributed by atoms with Crippen LogP contribution in [0, 0.1) is 5.92 Å². The summed E-state index contributed by atoms with van der Waals surface area (Å²) in [5.41, 5.74) is 1.44. The lowest BCUT2D eigenvalue weighted by molar-refractivity contribution is -0.121. The Balaban J connectivity index is 0.00000240. The van der Waals surface area contributed by atoms with Gasteiger partial charge in [-0.15, -0.1) is 0 Å². The van der Waals surface area contributed by atoms with E-state index in [1.807, 2.05) is 4.68 Å². The lowest BCUT2D eigenvalue weighted by Gasteiger charge is -2.20. The molecular formula is C19H23N5O3S. The van der Waals surface area contributed by atoms with Crippen molar-refractivity contribution in [2.24, 2.45) is 5.92 Å². The number of fused-ring (bicyclic) bond motifs is 1. The highest BCUT2D eigenvalue weighted by Gasteiger charge is 2.20. The van der Waals surface area contributed by atoms with Crippen LogP contribution in [0.25, 0.3) is 11.0 Å². The van der Waals surface area contributed by atoms with Crippen LogP contribution in [0.15, 0.2) is 41.6 Å².